The van der Waals surface area contributed by atoms with Crippen molar-refractivity contribution in [2.24, 2.45) is 0 Å². The van der Waals surface area contributed by atoms with E-state index in [-0.39, 0.29) is 6.04 Å². The number of rotatable bonds is 10. The Bertz CT molecular complexity index is 209. The fourth-order valence-electron chi connectivity index (χ4n) is 1.42. The molecule has 4 nitrogen and oxygen atoms in total. The molecular formula is C11H21NO3S. The van der Waals surface area contributed by atoms with Crippen molar-refractivity contribution in [3.63, 3.8) is 0 Å². The van der Waals surface area contributed by atoms with E-state index in [1.807, 2.05) is 0 Å². The van der Waals surface area contributed by atoms with Gasteiger partial charge in [-0.2, -0.15) is 11.8 Å². The Balaban J connectivity index is 2.00. The summed E-state index contributed by atoms with van der Waals surface area (Å²) in [6.07, 6.45) is 4.01. The first-order valence-corrected chi connectivity index (χ1v) is 6.95. The molecule has 1 unspecified atom stereocenters. The fraction of sp³-hybridized carbons (Fsp3) is 0.909. The zero-order valence-corrected chi connectivity index (χ0v) is 10.6. The predicted molar refractivity (Wildman–Crippen MR) is 66.0 cm³/mol. The molecule has 0 aromatic heterocycles. The Morgan fingerprint density at radius 3 is 2.88 bits per heavy atom. The number of carboxylic acid groups (broad SMARTS) is 1. The van der Waals surface area contributed by atoms with Gasteiger partial charge in [-0.1, -0.05) is 0 Å². The van der Waals surface area contributed by atoms with Gasteiger partial charge in [-0.05, 0) is 37.2 Å². The van der Waals surface area contributed by atoms with Gasteiger partial charge in [-0.3, -0.25) is 4.79 Å². The highest BCUT2D eigenvalue weighted by Crippen LogP contribution is 2.20. The van der Waals surface area contributed by atoms with Gasteiger partial charge >= 0.3 is 5.97 Å². The average Bonchev–Trinajstić information content (AvgIpc) is 3.05. The topological polar surface area (TPSA) is 58.6 Å². The number of thioether (sulfide) groups is 1. The molecule has 0 saturated heterocycles. The number of carbonyl (C=O) groups is 1. The van der Waals surface area contributed by atoms with E-state index < -0.39 is 5.97 Å². The third-order valence-electron chi connectivity index (χ3n) is 2.50. The summed E-state index contributed by atoms with van der Waals surface area (Å²) in [7, 11) is 1.70. The average molecular weight is 247 g/mol. The molecule has 0 aromatic carbocycles. The van der Waals surface area contributed by atoms with Gasteiger partial charge in [-0.15, -0.1) is 0 Å². The van der Waals surface area contributed by atoms with Crippen molar-refractivity contribution in [3.8, 4) is 0 Å². The molecular weight excluding hydrogens is 226 g/mol. The molecule has 1 rings (SSSR count). The number of hydrogen-bond acceptors (Lipinski definition) is 4. The maximum absolute atomic E-state index is 10.9. The van der Waals surface area contributed by atoms with Crippen LogP contribution in [0.5, 0.6) is 0 Å². The van der Waals surface area contributed by atoms with E-state index >= 15 is 0 Å². The lowest BCUT2D eigenvalue weighted by atomic mass is 10.2. The summed E-state index contributed by atoms with van der Waals surface area (Å²) in [5.41, 5.74) is 0. The smallest absolute Gasteiger partial charge is 0.320 e. The fourth-order valence-corrected chi connectivity index (χ4v) is 2.35. The van der Waals surface area contributed by atoms with Gasteiger partial charge in [-0.25, -0.2) is 0 Å². The van der Waals surface area contributed by atoms with Crippen molar-refractivity contribution < 1.29 is 14.6 Å². The maximum Gasteiger partial charge on any atom is 0.320 e. The van der Waals surface area contributed by atoms with Crippen LogP contribution in [0.25, 0.3) is 0 Å². The zero-order chi connectivity index (χ0) is 11.8. The minimum absolute atomic E-state index is 0.359. The number of hydrogen-bond donors (Lipinski definition) is 2. The van der Waals surface area contributed by atoms with Gasteiger partial charge in [0.05, 0.1) is 0 Å². The van der Waals surface area contributed by atoms with E-state index in [0.717, 1.165) is 37.4 Å². The maximum atomic E-state index is 10.9. The molecule has 16 heavy (non-hydrogen) atoms. The van der Waals surface area contributed by atoms with Crippen molar-refractivity contribution >= 4 is 17.7 Å². The van der Waals surface area contributed by atoms with Crippen LogP contribution in [0.2, 0.25) is 0 Å². The van der Waals surface area contributed by atoms with E-state index in [1.54, 1.807) is 18.9 Å². The number of carboxylic acids is 1. The van der Waals surface area contributed by atoms with Crippen LogP contribution >= 0.6 is 11.8 Å². The van der Waals surface area contributed by atoms with Crippen LogP contribution in [0.1, 0.15) is 25.7 Å². The Labute approximate surface area is 101 Å². The molecule has 0 aliphatic heterocycles. The molecule has 1 atom stereocenters. The van der Waals surface area contributed by atoms with Crippen molar-refractivity contribution in [2.45, 2.75) is 37.8 Å². The number of aliphatic carboxylic acids is 1. The second-order valence-corrected chi connectivity index (χ2v) is 5.30. The SMILES string of the molecule is COCCCSCCC(NC1CC1)C(=O)O. The highest BCUT2D eigenvalue weighted by Gasteiger charge is 2.27. The second-order valence-electron chi connectivity index (χ2n) is 4.08. The molecule has 0 bridgehead atoms. The van der Waals surface area contributed by atoms with Crippen LogP contribution in [0.4, 0.5) is 0 Å². The summed E-state index contributed by atoms with van der Waals surface area (Å²) in [6.45, 7) is 0.787. The lowest BCUT2D eigenvalue weighted by molar-refractivity contribution is -0.139. The molecule has 1 saturated carbocycles. The zero-order valence-electron chi connectivity index (χ0n) is 9.78. The number of ether oxygens (including phenoxy) is 1. The summed E-state index contributed by atoms with van der Waals surface area (Å²) >= 11 is 1.80. The summed E-state index contributed by atoms with van der Waals surface area (Å²) in [5, 5.41) is 12.2. The largest absolute Gasteiger partial charge is 0.480 e. The van der Waals surface area contributed by atoms with E-state index in [9.17, 15) is 4.79 Å². The Kier molecular flexibility index (Phi) is 6.84. The van der Waals surface area contributed by atoms with Gasteiger partial charge in [0.2, 0.25) is 0 Å². The molecule has 0 radical (unpaired) electrons. The highest BCUT2D eigenvalue weighted by molar-refractivity contribution is 7.99. The van der Waals surface area contributed by atoms with Crippen molar-refractivity contribution in [3.05, 3.63) is 0 Å². The minimum atomic E-state index is -0.718. The van der Waals surface area contributed by atoms with Gasteiger partial charge in [0.15, 0.2) is 0 Å². The van der Waals surface area contributed by atoms with Gasteiger partial charge in [0.25, 0.3) is 0 Å². The van der Waals surface area contributed by atoms with Gasteiger partial charge < -0.3 is 15.2 Å². The van der Waals surface area contributed by atoms with E-state index in [4.69, 9.17) is 9.84 Å². The molecule has 5 heteroatoms. The van der Waals surface area contributed by atoms with Gasteiger partial charge in [0, 0.05) is 19.8 Å². The minimum Gasteiger partial charge on any atom is -0.480 e. The molecule has 0 spiro atoms. The molecule has 0 heterocycles. The quantitative estimate of drug-likeness (QED) is 0.571. The van der Waals surface area contributed by atoms with Crippen molar-refractivity contribution in [2.75, 3.05) is 25.2 Å². The molecule has 1 aliphatic carbocycles. The van der Waals surface area contributed by atoms with E-state index in [0.29, 0.717) is 12.5 Å². The van der Waals surface area contributed by atoms with Crippen molar-refractivity contribution in [1.82, 2.24) is 5.32 Å². The van der Waals surface area contributed by atoms with Crippen molar-refractivity contribution in [1.29, 1.82) is 0 Å². The Morgan fingerprint density at radius 1 is 1.56 bits per heavy atom. The lowest BCUT2D eigenvalue weighted by Crippen LogP contribution is -2.38. The summed E-state index contributed by atoms with van der Waals surface area (Å²) in [6, 6.07) is 0.0991. The van der Waals surface area contributed by atoms with E-state index in [1.165, 1.54) is 0 Å². The molecule has 94 valence electrons. The Hall–Kier alpha value is -0.260. The summed E-state index contributed by atoms with van der Waals surface area (Å²) in [4.78, 5) is 10.9. The lowest BCUT2D eigenvalue weighted by Gasteiger charge is -2.13. The van der Waals surface area contributed by atoms with Crippen LogP contribution in [0, 0.1) is 0 Å². The number of methoxy groups -OCH3 is 1. The second kappa shape index (κ2) is 7.92. The van der Waals surface area contributed by atoms with Crippen LogP contribution in [0.3, 0.4) is 0 Å². The first-order valence-electron chi connectivity index (χ1n) is 5.79. The normalized spacial score (nSPS) is 17.3. The molecule has 2 N–H and O–H groups in total. The monoisotopic (exact) mass is 247 g/mol. The predicted octanol–water partition coefficient (Wildman–Crippen LogP) is 1.35. The van der Waals surface area contributed by atoms with Crippen LogP contribution in [0.15, 0.2) is 0 Å². The number of nitrogens with one attached hydrogen (secondary N) is 1. The van der Waals surface area contributed by atoms with E-state index in [2.05, 4.69) is 5.32 Å². The third kappa shape index (κ3) is 6.35. The standard InChI is InChI=1S/C11H21NO3S/c1-15-6-2-7-16-8-5-10(11(13)14)12-9-3-4-9/h9-10,12H,2-8H2,1H3,(H,13,14). The molecule has 1 fully saturated rings. The first-order chi connectivity index (χ1) is 7.74. The van der Waals surface area contributed by atoms with Crippen LogP contribution in [-0.2, 0) is 9.53 Å². The summed E-state index contributed by atoms with van der Waals surface area (Å²) < 4.78 is 4.95. The van der Waals surface area contributed by atoms with Gasteiger partial charge in [0.1, 0.15) is 6.04 Å². The molecule has 0 aromatic rings. The van der Waals surface area contributed by atoms with Crippen LogP contribution < -0.4 is 5.32 Å². The van der Waals surface area contributed by atoms with Crippen LogP contribution in [-0.4, -0.2) is 48.4 Å². The summed E-state index contributed by atoms with van der Waals surface area (Å²) in [5.74, 6) is 1.23. The molecule has 1 aliphatic rings. The Morgan fingerprint density at radius 2 is 2.31 bits per heavy atom. The highest BCUT2D eigenvalue weighted by atomic mass is 32.2. The first kappa shape index (κ1) is 13.8. The molecule has 0 amide bonds. The third-order valence-corrected chi connectivity index (χ3v) is 3.60.